The minimum atomic E-state index is -3.53. The van der Waals surface area contributed by atoms with E-state index in [2.05, 4.69) is 9.71 Å². The second-order valence-corrected chi connectivity index (χ2v) is 5.38. The summed E-state index contributed by atoms with van der Waals surface area (Å²) < 4.78 is 26.0. The van der Waals surface area contributed by atoms with Gasteiger partial charge in [-0.2, -0.15) is 0 Å². The number of aromatic nitrogens is 1. The maximum atomic E-state index is 11.7. The Balaban J connectivity index is 2.16. The molecule has 2 rings (SSSR count). The van der Waals surface area contributed by atoms with Gasteiger partial charge in [0.05, 0.1) is 5.69 Å². The summed E-state index contributed by atoms with van der Waals surface area (Å²) in [5, 5.41) is -0.0781. The normalized spacial score (nSPS) is 16.5. The van der Waals surface area contributed by atoms with E-state index in [1.165, 1.54) is 12.3 Å². The molecule has 0 atom stereocenters. The van der Waals surface area contributed by atoms with Crippen molar-refractivity contribution in [3.63, 3.8) is 0 Å². The average Bonchev–Trinajstić information content (AvgIpc) is 2.99. The van der Waals surface area contributed by atoms with Crippen molar-refractivity contribution in [1.29, 1.82) is 0 Å². The molecule has 0 aliphatic heterocycles. The zero-order chi connectivity index (χ0) is 10.9. The molecule has 6 heteroatoms. The van der Waals surface area contributed by atoms with Crippen molar-refractivity contribution < 1.29 is 8.42 Å². The maximum absolute atomic E-state index is 11.7. The molecule has 1 aliphatic carbocycles. The Hall–Kier alpha value is -1.14. The van der Waals surface area contributed by atoms with E-state index in [1.54, 1.807) is 6.07 Å². The van der Waals surface area contributed by atoms with Gasteiger partial charge in [-0.3, -0.25) is 0 Å². The summed E-state index contributed by atoms with van der Waals surface area (Å²) in [7, 11) is -3.53. The third kappa shape index (κ3) is 2.45. The van der Waals surface area contributed by atoms with Gasteiger partial charge in [0.25, 0.3) is 10.0 Å². The molecule has 1 fully saturated rings. The number of sulfonamides is 1. The molecule has 0 unspecified atom stereocenters. The van der Waals surface area contributed by atoms with Gasteiger partial charge in [-0.15, -0.1) is 0 Å². The molecular formula is C9H13N3O2S. The molecule has 3 N–H and O–H groups in total. The molecule has 1 aromatic rings. The highest BCUT2D eigenvalue weighted by Crippen LogP contribution is 2.28. The van der Waals surface area contributed by atoms with E-state index in [0.29, 0.717) is 12.5 Å². The van der Waals surface area contributed by atoms with Crippen LogP contribution in [0.2, 0.25) is 0 Å². The van der Waals surface area contributed by atoms with E-state index in [-0.39, 0.29) is 10.7 Å². The lowest BCUT2D eigenvalue weighted by Gasteiger charge is -2.06. The van der Waals surface area contributed by atoms with E-state index in [9.17, 15) is 8.42 Å². The predicted octanol–water partition coefficient (Wildman–Crippen LogP) is 0.352. The molecule has 1 saturated carbocycles. The lowest BCUT2D eigenvalue weighted by Crippen LogP contribution is -2.27. The van der Waals surface area contributed by atoms with Gasteiger partial charge in [-0.1, -0.05) is 0 Å². The van der Waals surface area contributed by atoms with Crippen LogP contribution in [0.4, 0.5) is 5.69 Å². The Labute approximate surface area is 88.8 Å². The van der Waals surface area contributed by atoms with Gasteiger partial charge in [0.1, 0.15) is 0 Å². The fourth-order valence-electron chi connectivity index (χ4n) is 1.25. The van der Waals surface area contributed by atoms with Crippen LogP contribution in [0.25, 0.3) is 0 Å². The number of nitrogens with zero attached hydrogens (tertiary/aromatic N) is 1. The number of nitrogens with two attached hydrogens (primary N) is 1. The number of hydrogen-bond acceptors (Lipinski definition) is 4. The van der Waals surface area contributed by atoms with Crippen LogP contribution in [-0.2, 0) is 10.0 Å². The van der Waals surface area contributed by atoms with Crippen LogP contribution in [0.3, 0.4) is 0 Å². The van der Waals surface area contributed by atoms with Gasteiger partial charge >= 0.3 is 0 Å². The fourth-order valence-corrected chi connectivity index (χ4v) is 2.42. The minimum Gasteiger partial charge on any atom is -0.396 e. The fraction of sp³-hybridized carbons (Fsp3) is 0.444. The van der Waals surface area contributed by atoms with Gasteiger partial charge in [0, 0.05) is 12.7 Å². The van der Waals surface area contributed by atoms with E-state index in [4.69, 9.17) is 5.73 Å². The smallest absolute Gasteiger partial charge is 0.260 e. The summed E-state index contributed by atoms with van der Waals surface area (Å²) in [5.41, 5.74) is 5.73. The summed E-state index contributed by atoms with van der Waals surface area (Å²) in [6.07, 6.45) is 3.61. The largest absolute Gasteiger partial charge is 0.396 e. The van der Waals surface area contributed by atoms with Crippen LogP contribution < -0.4 is 10.5 Å². The molecular weight excluding hydrogens is 214 g/mol. The first kappa shape index (κ1) is 10.4. The molecule has 0 aromatic carbocycles. The van der Waals surface area contributed by atoms with E-state index >= 15 is 0 Å². The van der Waals surface area contributed by atoms with Crippen LogP contribution >= 0.6 is 0 Å². The Bertz CT molecular complexity index is 454. The molecule has 1 aliphatic rings. The number of rotatable bonds is 4. The minimum absolute atomic E-state index is 0.0781. The summed E-state index contributed by atoms with van der Waals surface area (Å²) in [6, 6.07) is 3.13. The quantitative estimate of drug-likeness (QED) is 0.777. The van der Waals surface area contributed by atoms with Crippen LogP contribution in [0.15, 0.2) is 23.4 Å². The summed E-state index contributed by atoms with van der Waals surface area (Å²) >= 11 is 0. The van der Waals surface area contributed by atoms with E-state index in [0.717, 1.165) is 12.8 Å². The van der Waals surface area contributed by atoms with Crippen molar-refractivity contribution in [3.8, 4) is 0 Å². The zero-order valence-corrected chi connectivity index (χ0v) is 9.00. The lowest BCUT2D eigenvalue weighted by atomic mass is 10.4. The topological polar surface area (TPSA) is 85.1 Å². The average molecular weight is 227 g/mol. The van der Waals surface area contributed by atoms with Crippen molar-refractivity contribution in [3.05, 3.63) is 18.3 Å². The Morgan fingerprint density at radius 3 is 2.87 bits per heavy atom. The molecule has 0 spiro atoms. The number of nitrogen functional groups attached to an aromatic ring is 1. The van der Waals surface area contributed by atoms with E-state index in [1.807, 2.05) is 0 Å². The number of pyridine rings is 1. The van der Waals surface area contributed by atoms with Crippen LogP contribution in [0.1, 0.15) is 12.8 Å². The van der Waals surface area contributed by atoms with Gasteiger partial charge < -0.3 is 5.73 Å². The zero-order valence-electron chi connectivity index (χ0n) is 8.18. The standard InChI is InChI=1S/C9H13N3O2S/c10-8-2-1-5-11-9(8)15(13,14)12-6-7-3-4-7/h1-2,5,7,12H,3-4,6,10H2. The molecule has 15 heavy (non-hydrogen) atoms. The number of hydrogen-bond donors (Lipinski definition) is 2. The summed E-state index contributed by atoms with van der Waals surface area (Å²) in [5.74, 6) is 0.490. The van der Waals surface area contributed by atoms with Gasteiger partial charge in [-0.05, 0) is 30.9 Å². The Morgan fingerprint density at radius 2 is 2.27 bits per heavy atom. The third-order valence-electron chi connectivity index (χ3n) is 2.31. The monoisotopic (exact) mass is 227 g/mol. The molecule has 0 saturated heterocycles. The number of nitrogens with one attached hydrogen (secondary N) is 1. The highest BCUT2D eigenvalue weighted by atomic mass is 32.2. The van der Waals surface area contributed by atoms with Crippen LogP contribution in [-0.4, -0.2) is 19.9 Å². The molecule has 1 heterocycles. The molecule has 0 radical (unpaired) electrons. The Kier molecular flexibility index (Phi) is 2.62. The SMILES string of the molecule is Nc1cccnc1S(=O)(=O)NCC1CC1. The number of anilines is 1. The highest BCUT2D eigenvalue weighted by molar-refractivity contribution is 7.89. The molecule has 0 amide bonds. The first-order valence-corrected chi connectivity index (χ1v) is 6.28. The molecule has 0 bridgehead atoms. The molecule has 5 nitrogen and oxygen atoms in total. The second kappa shape index (κ2) is 3.79. The maximum Gasteiger partial charge on any atom is 0.260 e. The highest BCUT2D eigenvalue weighted by Gasteiger charge is 2.25. The van der Waals surface area contributed by atoms with Crippen molar-refractivity contribution in [2.75, 3.05) is 12.3 Å². The van der Waals surface area contributed by atoms with Crippen LogP contribution in [0.5, 0.6) is 0 Å². The predicted molar refractivity (Wildman–Crippen MR) is 56.6 cm³/mol. The summed E-state index contributed by atoms with van der Waals surface area (Å²) in [4.78, 5) is 3.77. The van der Waals surface area contributed by atoms with Crippen molar-refractivity contribution in [2.24, 2.45) is 5.92 Å². The summed E-state index contributed by atoms with van der Waals surface area (Å²) in [6.45, 7) is 0.484. The van der Waals surface area contributed by atoms with Crippen molar-refractivity contribution in [1.82, 2.24) is 9.71 Å². The van der Waals surface area contributed by atoms with Crippen molar-refractivity contribution in [2.45, 2.75) is 17.9 Å². The van der Waals surface area contributed by atoms with E-state index < -0.39 is 10.0 Å². The third-order valence-corrected chi connectivity index (χ3v) is 3.71. The van der Waals surface area contributed by atoms with Crippen LogP contribution in [0, 0.1) is 5.92 Å². The molecule has 82 valence electrons. The van der Waals surface area contributed by atoms with Crippen molar-refractivity contribution >= 4 is 15.7 Å². The van der Waals surface area contributed by atoms with Gasteiger partial charge in [0.15, 0.2) is 5.03 Å². The van der Waals surface area contributed by atoms with Gasteiger partial charge in [0.2, 0.25) is 0 Å². The first-order chi connectivity index (χ1) is 7.09. The second-order valence-electron chi connectivity index (χ2n) is 3.69. The molecule has 1 aromatic heterocycles. The van der Waals surface area contributed by atoms with Gasteiger partial charge in [-0.25, -0.2) is 18.1 Å². The Morgan fingerprint density at radius 1 is 1.53 bits per heavy atom. The lowest BCUT2D eigenvalue weighted by molar-refractivity contribution is 0.574. The first-order valence-electron chi connectivity index (χ1n) is 4.80.